The van der Waals surface area contributed by atoms with Crippen LogP contribution in [0.2, 0.25) is 0 Å². The highest BCUT2D eigenvalue weighted by molar-refractivity contribution is 5.82. The molecule has 0 saturated carbocycles. The van der Waals surface area contributed by atoms with Crippen molar-refractivity contribution in [2.24, 2.45) is 0 Å². The molecule has 0 spiro atoms. The van der Waals surface area contributed by atoms with Crippen LogP contribution in [0.5, 0.6) is 0 Å². The third kappa shape index (κ3) is 2.37. The van der Waals surface area contributed by atoms with E-state index >= 15 is 0 Å². The van der Waals surface area contributed by atoms with E-state index in [1.54, 1.807) is 6.92 Å². The van der Waals surface area contributed by atoms with E-state index in [4.69, 9.17) is 5.11 Å². The zero-order chi connectivity index (χ0) is 10.7. The van der Waals surface area contributed by atoms with Gasteiger partial charge in [0.15, 0.2) is 0 Å². The summed E-state index contributed by atoms with van der Waals surface area (Å²) >= 11 is 0. The lowest BCUT2D eigenvalue weighted by atomic mass is 10.1. The Morgan fingerprint density at radius 2 is 2.27 bits per heavy atom. The summed E-state index contributed by atoms with van der Waals surface area (Å²) in [5.74, 6) is 0. The molecule has 0 radical (unpaired) electrons. The molecule has 3 N–H and O–H groups in total. The predicted molar refractivity (Wildman–Crippen MR) is 61.7 cm³/mol. The van der Waals surface area contributed by atoms with Gasteiger partial charge >= 0.3 is 0 Å². The van der Waals surface area contributed by atoms with Crippen LogP contribution in [0.1, 0.15) is 12.5 Å². The van der Waals surface area contributed by atoms with Gasteiger partial charge < -0.3 is 15.4 Å². The number of aliphatic hydroxyl groups is 1. The Balaban J connectivity index is 2.10. The number of aromatic amines is 1. The molecule has 1 atom stereocenters. The van der Waals surface area contributed by atoms with E-state index in [9.17, 15) is 0 Å². The van der Waals surface area contributed by atoms with E-state index < -0.39 is 0 Å². The van der Waals surface area contributed by atoms with Crippen molar-refractivity contribution in [3.8, 4) is 0 Å². The summed E-state index contributed by atoms with van der Waals surface area (Å²) in [6, 6.07) is 8.28. The van der Waals surface area contributed by atoms with Gasteiger partial charge in [0, 0.05) is 30.2 Å². The minimum atomic E-state index is -0.296. The molecule has 3 nitrogen and oxygen atoms in total. The molecule has 0 fully saturated rings. The van der Waals surface area contributed by atoms with E-state index in [-0.39, 0.29) is 6.10 Å². The maximum absolute atomic E-state index is 9.13. The van der Waals surface area contributed by atoms with Crippen LogP contribution < -0.4 is 5.32 Å². The number of rotatable bonds is 4. The molecule has 1 aromatic carbocycles. The van der Waals surface area contributed by atoms with Gasteiger partial charge in [0.2, 0.25) is 0 Å². The molecule has 1 aromatic heterocycles. The molecule has 2 aromatic rings. The molecule has 0 aliphatic heterocycles. The van der Waals surface area contributed by atoms with Gasteiger partial charge in [-0.1, -0.05) is 12.1 Å². The predicted octanol–water partition coefficient (Wildman–Crippen LogP) is 1.64. The summed E-state index contributed by atoms with van der Waals surface area (Å²) in [5.41, 5.74) is 2.42. The van der Waals surface area contributed by atoms with Crippen LogP contribution in [-0.4, -0.2) is 22.7 Å². The molecule has 0 saturated heterocycles. The quantitative estimate of drug-likeness (QED) is 0.709. The molecule has 0 bridgehead atoms. The van der Waals surface area contributed by atoms with Crippen LogP contribution in [0, 0.1) is 0 Å². The maximum Gasteiger partial charge on any atom is 0.0636 e. The Bertz CT molecular complexity index is 434. The minimum absolute atomic E-state index is 0.296. The van der Waals surface area contributed by atoms with E-state index in [1.807, 2.05) is 12.3 Å². The average molecular weight is 204 g/mol. The second-order valence-corrected chi connectivity index (χ2v) is 3.84. The molecular weight excluding hydrogens is 188 g/mol. The summed E-state index contributed by atoms with van der Waals surface area (Å²) < 4.78 is 0. The Hall–Kier alpha value is -1.32. The van der Waals surface area contributed by atoms with Crippen LogP contribution in [0.15, 0.2) is 30.5 Å². The van der Waals surface area contributed by atoms with Crippen molar-refractivity contribution in [1.29, 1.82) is 0 Å². The lowest BCUT2D eigenvalue weighted by Gasteiger charge is -2.07. The van der Waals surface area contributed by atoms with Crippen molar-refractivity contribution < 1.29 is 5.11 Å². The fourth-order valence-corrected chi connectivity index (χ4v) is 1.72. The Morgan fingerprint density at radius 1 is 1.40 bits per heavy atom. The molecule has 80 valence electrons. The second-order valence-electron chi connectivity index (χ2n) is 3.84. The number of hydrogen-bond donors (Lipinski definition) is 3. The Labute approximate surface area is 89.1 Å². The molecule has 0 amide bonds. The van der Waals surface area contributed by atoms with Crippen LogP contribution in [0.4, 0.5) is 0 Å². The zero-order valence-corrected chi connectivity index (χ0v) is 8.83. The minimum Gasteiger partial charge on any atom is -0.392 e. The first-order valence-electron chi connectivity index (χ1n) is 5.21. The summed E-state index contributed by atoms with van der Waals surface area (Å²) in [4.78, 5) is 3.18. The van der Waals surface area contributed by atoms with Gasteiger partial charge in [-0.2, -0.15) is 0 Å². The normalized spacial score (nSPS) is 13.2. The number of aliphatic hydroxyl groups excluding tert-OH is 1. The first-order valence-corrected chi connectivity index (χ1v) is 5.21. The van der Waals surface area contributed by atoms with E-state index in [0.29, 0.717) is 6.54 Å². The average Bonchev–Trinajstić information content (AvgIpc) is 2.65. The third-order valence-electron chi connectivity index (χ3n) is 2.44. The van der Waals surface area contributed by atoms with Crippen molar-refractivity contribution in [3.63, 3.8) is 0 Å². The molecule has 0 aliphatic carbocycles. The van der Waals surface area contributed by atoms with Crippen LogP contribution in [0.3, 0.4) is 0 Å². The highest BCUT2D eigenvalue weighted by atomic mass is 16.3. The first-order chi connectivity index (χ1) is 7.27. The van der Waals surface area contributed by atoms with Crippen LogP contribution >= 0.6 is 0 Å². The second kappa shape index (κ2) is 4.47. The number of H-pyrrole nitrogens is 1. The highest BCUT2D eigenvalue weighted by Crippen LogP contribution is 2.16. The van der Waals surface area contributed by atoms with Crippen molar-refractivity contribution in [1.82, 2.24) is 10.3 Å². The Morgan fingerprint density at radius 3 is 3.07 bits per heavy atom. The molecule has 15 heavy (non-hydrogen) atoms. The zero-order valence-electron chi connectivity index (χ0n) is 8.83. The van der Waals surface area contributed by atoms with Crippen molar-refractivity contribution in [2.45, 2.75) is 19.6 Å². The van der Waals surface area contributed by atoms with Gasteiger partial charge in [-0.3, -0.25) is 0 Å². The van der Waals surface area contributed by atoms with Gasteiger partial charge in [-0.05, 0) is 24.6 Å². The number of aromatic nitrogens is 1. The lowest BCUT2D eigenvalue weighted by Crippen LogP contribution is -2.23. The maximum atomic E-state index is 9.13. The topological polar surface area (TPSA) is 48.0 Å². The summed E-state index contributed by atoms with van der Waals surface area (Å²) in [5, 5.41) is 13.6. The first kappa shape index (κ1) is 10.2. The number of benzene rings is 1. The number of hydrogen-bond acceptors (Lipinski definition) is 2. The van der Waals surface area contributed by atoms with Gasteiger partial charge in [-0.25, -0.2) is 0 Å². The molecule has 0 unspecified atom stereocenters. The summed E-state index contributed by atoms with van der Waals surface area (Å²) in [6.45, 7) is 3.20. The standard InChI is InChI=1S/C12H16N2O/c1-9(15)7-13-8-10-3-2-4-12-11(10)5-6-14-12/h2-6,9,13-15H,7-8H2,1H3/t9-/m1/s1. The summed E-state index contributed by atoms with van der Waals surface area (Å²) in [7, 11) is 0. The Kier molecular flexibility index (Phi) is 3.04. The van der Waals surface area contributed by atoms with E-state index in [0.717, 1.165) is 12.1 Å². The number of fused-ring (bicyclic) bond motifs is 1. The van der Waals surface area contributed by atoms with Crippen molar-refractivity contribution in [3.05, 3.63) is 36.0 Å². The SMILES string of the molecule is C[C@@H](O)CNCc1cccc2[nH]ccc12. The molecule has 3 heteroatoms. The monoisotopic (exact) mass is 204 g/mol. The van der Waals surface area contributed by atoms with E-state index in [1.165, 1.54) is 10.9 Å². The lowest BCUT2D eigenvalue weighted by molar-refractivity contribution is 0.191. The number of nitrogens with one attached hydrogen (secondary N) is 2. The van der Waals surface area contributed by atoms with Gasteiger partial charge in [-0.15, -0.1) is 0 Å². The fraction of sp³-hybridized carbons (Fsp3) is 0.333. The van der Waals surface area contributed by atoms with Gasteiger partial charge in [0.1, 0.15) is 0 Å². The molecule has 1 heterocycles. The van der Waals surface area contributed by atoms with Gasteiger partial charge in [0.25, 0.3) is 0 Å². The highest BCUT2D eigenvalue weighted by Gasteiger charge is 2.01. The smallest absolute Gasteiger partial charge is 0.0636 e. The van der Waals surface area contributed by atoms with Gasteiger partial charge in [0.05, 0.1) is 6.10 Å². The molecule has 2 rings (SSSR count). The van der Waals surface area contributed by atoms with Crippen molar-refractivity contribution in [2.75, 3.05) is 6.54 Å². The molecule has 0 aliphatic rings. The fourth-order valence-electron chi connectivity index (χ4n) is 1.72. The van der Waals surface area contributed by atoms with Crippen LogP contribution in [-0.2, 0) is 6.54 Å². The summed E-state index contributed by atoms with van der Waals surface area (Å²) in [6.07, 6.45) is 1.65. The van der Waals surface area contributed by atoms with Crippen LogP contribution in [0.25, 0.3) is 10.9 Å². The van der Waals surface area contributed by atoms with Crippen molar-refractivity contribution >= 4 is 10.9 Å². The third-order valence-corrected chi connectivity index (χ3v) is 2.44. The molecular formula is C12H16N2O. The van der Waals surface area contributed by atoms with E-state index in [2.05, 4.69) is 28.5 Å². The largest absolute Gasteiger partial charge is 0.392 e.